The lowest BCUT2D eigenvalue weighted by atomic mass is 10.1. The van der Waals surface area contributed by atoms with Crippen LogP contribution in [0, 0.1) is 6.92 Å². The van der Waals surface area contributed by atoms with E-state index in [1.54, 1.807) is 13.2 Å². The van der Waals surface area contributed by atoms with Gasteiger partial charge in [-0.05, 0) is 38.3 Å². The van der Waals surface area contributed by atoms with Crippen LogP contribution in [-0.4, -0.2) is 42.2 Å². The number of anilines is 2. The topological polar surface area (TPSA) is 67.3 Å². The molecule has 0 fully saturated rings. The number of nitrogens with zero attached hydrogens (tertiary/aromatic N) is 3. The second-order valence-corrected chi connectivity index (χ2v) is 6.31. The SMILES string of the molecule is COCCCNC(=O)c1cc(N2c3ccccc3CC2C)nc(C)n1. The molecule has 0 radical (unpaired) electrons. The smallest absolute Gasteiger partial charge is 0.270 e. The number of rotatable bonds is 6. The first-order valence-electron chi connectivity index (χ1n) is 8.60. The minimum absolute atomic E-state index is 0.178. The molecule has 3 rings (SSSR count). The van der Waals surface area contributed by atoms with Crippen LogP contribution in [0.2, 0.25) is 0 Å². The van der Waals surface area contributed by atoms with Crippen molar-refractivity contribution in [3.63, 3.8) is 0 Å². The molecule has 0 aliphatic carbocycles. The van der Waals surface area contributed by atoms with Gasteiger partial charge in [-0.1, -0.05) is 18.2 Å². The van der Waals surface area contributed by atoms with Crippen molar-refractivity contribution in [2.75, 3.05) is 25.2 Å². The molecule has 1 N–H and O–H groups in total. The minimum Gasteiger partial charge on any atom is -0.385 e. The van der Waals surface area contributed by atoms with Gasteiger partial charge in [-0.2, -0.15) is 0 Å². The maximum absolute atomic E-state index is 12.4. The summed E-state index contributed by atoms with van der Waals surface area (Å²) in [4.78, 5) is 23.5. The Morgan fingerprint density at radius 1 is 1.36 bits per heavy atom. The number of ether oxygens (including phenoxy) is 1. The van der Waals surface area contributed by atoms with Crippen LogP contribution in [0.25, 0.3) is 0 Å². The highest BCUT2D eigenvalue weighted by molar-refractivity contribution is 5.93. The van der Waals surface area contributed by atoms with E-state index in [1.807, 2.05) is 13.0 Å². The number of nitrogens with one attached hydrogen (secondary N) is 1. The number of amides is 1. The molecule has 0 spiro atoms. The number of para-hydroxylation sites is 1. The van der Waals surface area contributed by atoms with Gasteiger partial charge in [0.15, 0.2) is 0 Å². The summed E-state index contributed by atoms with van der Waals surface area (Å²) in [5.74, 6) is 1.19. The zero-order valence-corrected chi connectivity index (χ0v) is 15.0. The molecule has 1 aromatic carbocycles. The molecule has 132 valence electrons. The van der Waals surface area contributed by atoms with Crippen LogP contribution < -0.4 is 10.2 Å². The second kappa shape index (κ2) is 7.61. The second-order valence-electron chi connectivity index (χ2n) is 6.31. The molecule has 25 heavy (non-hydrogen) atoms. The van der Waals surface area contributed by atoms with Crippen LogP contribution in [0.3, 0.4) is 0 Å². The van der Waals surface area contributed by atoms with Crippen LogP contribution >= 0.6 is 0 Å². The minimum atomic E-state index is -0.178. The van der Waals surface area contributed by atoms with Gasteiger partial charge in [-0.15, -0.1) is 0 Å². The number of hydrogen-bond acceptors (Lipinski definition) is 5. The third kappa shape index (κ3) is 3.79. The van der Waals surface area contributed by atoms with Crippen molar-refractivity contribution in [2.24, 2.45) is 0 Å². The summed E-state index contributed by atoms with van der Waals surface area (Å²) in [6.45, 7) is 5.17. The average Bonchev–Trinajstić information content (AvgIpc) is 2.93. The fraction of sp³-hybridized carbons (Fsp3) is 0.421. The molecular weight excluding hydrogens is 316 g/mol. The van der Waals surface area contributed by atoms with E-state index in [1.165, 1.54) is 5.56 Å². The number of carbonyl (C=O) groups is 1. The van der Waals surface area contributed by atoms with Crippen LogP contribution in [0.5, 0.6) is 0 Å². The number of benzene rings is 1. The molecular formula is C19H24N4O2. The summed E-state index contributed by atoms with van der Waals surface area (Å²) >= 11 is 0. The lowest BCUT2D eigenvalue weighted by Crippen LogP contribution is -2.29. The molecule has 1 unspecified atom stereocenters. The van der Waals surface area contributed by atoms with E-state index in [0.29, 0.717) is 30.7 Å². The van der Waals surface area contributed by atoms with Gasteiger partial charge in [0.05, 0.1) is 0 Å². The van der Waals surface area contributed by atoms with E-state index < -0.39 is 0 Å². The van der Waals surface area contributed by atoms with Crippen LogP contribution in [0.4, 0.5) is 11.5 Å². The number of hydrogen-bond donors (Lipinski definition) is 1. The summed E-state index contributed by atoms with van der Waals surface area (Å²) in [6.07, 6.45) is 1.74. The predicted molar refractivity (Wildman–Crippen MR) is 97.3 cm³/mol. The monoisotopic (exact) mass is 340 g/mol. The van der Waals surface area contributed by atoms with E-state index in [0.717, 1.165) is 24.3 Å². The highest BCUT2D eigenvalue weighted by Gasteiger charge is 2.28. The van der Waals surface area contributed by atoms with Gasteiger partial charge in [-0.3, -0.25) is 4.79 Å². The van der Waals surface area contributed by atoms with Crippen molar-refractivity contribution in [2.45, 2.75) is 32.7 Å². The van der Waals surface area contributed by atoms with Gasteiger partial charge in [0.1, 0.15) is 17.3 Å². The fourth-order valence-electron chi connectivity index (χ4n) is 3.22. The summed E-state index contributed by atoms with van der Waals surface area (Å²) in [5.41, 5.74) is 2.85. The molecule has 6 heteroatoms. The Morgan fingerprint density at radius 2 is 2.16 bits per heavy atom. The Morgan fingerprint density at radius 3 is 2.96 bits per heavy atom. The van der Waals surface area contributed by atoms with E-state index >= 15 is 0 Å². The highest BCUT2D eigenvalue weighted by atomic mass is 16.5. The maximum Gasteiger partial charge on any atom is 0.270 e. The van der Waals surface area contributed by atoms with Crippen LogP contribution in [0.15, 0.2) is 30.3 Å². The number of methoxy groups -OCH3 is 1. The number of aromatic nitrogens is 2. The standard InChI is InChI=1S/C19H24N4O2/c1-13-11-15-7-4-5-8-17(15)23(13)18-12-16(21-14(2)22-18)19(24)20-9-6-10-25-3/h4-5,7-8,12-13H,6,9-11H2,1-3H3,(H,20,24). The lowest BCUT2D eigenvalue weighted by Gasteiger charge is -2.24. The Hall–Kier alpha value is -2.47. The van der Waals surface area contributed by atoms with Crippen LogP contribution in [0.1, 0.15) is 35.2 Å². The molecule has 1 aliphatic heterocycles. The zero-order chi connectivity index (χ0) is 17.8. The first-order valence-corrected chi connectivity index (χ1v) is 8.60. The number of carbonyl (C=O) groups excluding carboxylic acids is 1. The van der Waals surface area contributed by atoms with Gasteiger partial charge < -0.3 is 15.0 Å². The Balaban J connectivity index is 1.84. The predicted octanol–water partition coefficient (Wildman–Crippen LogP) is 2.63. The largest absolute Gasteiger partial charge is 0.385 e. The van der Waals surface area contributed by atoms with Gasteiger partial charge in [0.25, 0.3) is 5.91 Å². The number of fused-ring (bicyclic) bond motifs is 1. The van der Waals surface area contributed by atoms with Gasteiger partial charge in [-0.25, -0.2) is 9.97 Å². The lowest BCUT2D eigenvalue weighted by molar-refractivity contribution is 0.0943. The van der Waals surface area contributed by atoms with Crippen LogP contribution in [-0.2, 0) is 11.2 Å². The third-order valence-electron chi connectivity index (χ3n) is 4.32. The van der Waals surface area contributed by atoms with Gasteiger partial charge >= 0.3 is 0 Å². The first-order chi connectivity index (χ1) is 12.1. The van der Waals surface area contributed by atoms with E-state index in [2.05, 4.69) is 45.3 Å². The van der Waals surface area contributed by atoms with E-state index in [-0.39, 0.29) is 5.91 Å². The Kier molecular flexibility index (Phi) is 5.28. The summed E-state index contributed by atoms with van der Waals surface area (Å²) in [5, 5.41) is 2.88. The molecule has 2 heterocycles. The average molecular weight is 340 g/mol. The van der Waals surface area contributed by atoms with E-state index in [9.17, 15) is 4.79 Å². The molecule has 1 amide bonds. The first kappa shape index (κ1) is 17.4. The molecule has 0 saturated carbocycles. The molecule has 6 nitrogen and oxygen atoms in total. The quantitative estimate of drug-likeness (QED) is 0.819. The summed E-state index contributed by atoms with van der Waals surface area (Å²) in [6, 6.07) is 10.4. The van der Waals surface area contributed by atoms with Crippen molar-refractivity contribution in [1.82, 2.24) is 15.3 Å². The fourth-order valence-corrected chi connectivity index (χ4v) is 3.22. The molecule has 0 bridgehead atoms. The van der Waals surface area contributed by atoms with Crippen molar-refractivity contribution in [3.8, 4) is 0 Å². The van der Waals surface area contributed by atoms with Crippen molar-refractivity contribution >= 4 is 17.4 Å². The Labute approximate surface area is 148 Å². The zero-order valence-electron chi connectivity index (χ0n) is 15.0. The molecule has 1 aliphatic rings. The highest BCUT2D eigenvalue weighted by Crippen LogP contribution is 2.37. The van der Waals surface area contributed by atoms with Gasteiger partial charge in [0, 0.05) is 38.1 Å². The Bertz CT molecular complexity index is 763. The molecule has 1 aromatic heterocycles. The molecule has 1 atom stereocenters. The number of aryl methyl sites for hydroxylation is 1. The van der Waals surface area contributed by atoms with Crippen molar-refractivity contribution in [3.05, 3.63) is 47.4 Å². The summed E-state index contributed by atoms with van der Waals surface area (Å²) in [7, 11) is 1.65. The van der Waals surface area contributed by atoms with Crippen molar-refractivity contribution < 1.29 is 9.53 Å². The normalized spacial score (nSPS) is 16.0. The summed E-state index contributed by atoms with van der Waals surface area (Å²) < 4.78 is 5.00. The maximum atomic E-state index is 12.4. The van der Waals surface area contributed by atoms with Crippen molar-refractivity contribution in [1.29, 1.82) is 0 Å². The van der Waals surface area contributed by atoms with Gasteiger partial charge in [0.2, 0.25) is 0 Å². The molecule has 0 saturated heterocycles. The third-order valence-corrected chi connectivity index (χ3v) is 4.32. The van der Waals surface area contributed by atoms with E-state index in [4.69, 9.17) is 4.74 Å². The molecule has 2 aromatic rings.